The summed E-state index contributed by atoms with van der Waals surface area (Å²) >= 11 is 5.99. The Morgan fingerprint density at radius 3 is 2.00 bits per heavy atom. The predicted molar refractivity (Wildman–Crippen MR) is 84.7 cm³/mol. The van der Waals surface area contributed by atoms with Crippen LogP contribution in [0.5, 0.6) is 0 Å². The van der Waals surface area contributed by atoms with E-state index in [2.05, 4.69) is 0 Å². The molecule has 0 aliphatic rings. The van der Waals surface area contributed by atoms with Crippen molar-refractivity contribution < 1.29 is 13.6 Å². The molecular formula is C18H15ClO3. The molecule has 2 heterocycles. The standard InChI is InChI=1S/C18H15ClO3/c1-11-3-7-16(21-11)18(17-8-4-12(2)22-17)15-6-5-14(19)9-13(15)10-20/h3-10,18H,1-2H3. The molecule has 0 amide bonds. The number of halogens is 1. The summed E-state index contributed by atoms with van der Waals surface area (Å²) in [5, 5.41) is 0.524. The summed E-state index contributed by atoms with van der Waals surface area (Å²) < 4.78 is 11.6. The van der Waals surface area contributed by atoms with Gasteiger partial charge in [0.05, 0.1) is 0 Å². The molecule has 2 aromatic heterocycles. The van der Waals surface area contributed by atoms with Gasteiger partial charge in [0.2, 0.25) is 0 Å². The summed E-state index contributed by atoms with van der Waals surface area (Å²) in [5.74, 6) is 2.81. The van der Waals surface area contributed by atoms with Crippen molar-refractivity contribution in [2.45, 2.75) is 19.8 Å². The molecule has 0 spiro atoms. The topological polar surface area (TPSA) is 43.4 Å². The minimum atomic E-state index is -0.278. The molecule has 3 rings (SSSR count). The van der Waals surface area contributed by atoms with Crippen molar-refractivity contribution in [1.29, 1.82) is 0 Å². The highest BCUT2D eigenvalue weighted by Crippen LogP contribution is 2.36. The lowest BCUT2D eigenvalue weighted by Gasteiger charge is -2.15. The van der Waals surface area contributed by atoms with Crippen LogP contribution in [-0.2, 0) is 0 Å². The maximum Gasteiger partial charge on any atom is 0.150 e. The minimum absolute atomic E-state index is 0.278. The normalized spacial score (nSPS) is 11.1. The lowest BCUT2D eigenvalue weighted by molar-refractivity contribution is 0.112. The number of aldehydes is 1. The van der Waals surface area contributed by atoms with Crippen LogP contribution in [0, 0.1) is 13.8 Å². The third kappa shape index (κ3) is 2.72. The lowest BCUT2D eigenvalue weighted by Crippen LogP contribution is -2.05. The van der Waals surface area contributed by atoms with Crippen LogP contribution >= 0.6 is 11.6 Å². The molecule has 0 saturated heterocycles. The van der Waals surface area contributed by atoms with E-state index in [0.717, 1.165) is 34.9 Å². The summed E-state index contributed by atoms with van der Waals surface area (Å²) in [6.07, 6.45) is 0.805. The second-order valence-corrected chi connectivity index (χ2v) is 5.66. The van der Waals surface area contributed by atoms with E-state index in [1.165, 1.54) is 0 Å². The quantitative estimate of drug-likeness (QED) is 0.626. The fourth-order valence-corrected chi connectivity index (χ4v) is 2.75. The molecule has 112 valence electrons. The van der Waals surface area contributed by atoms with Crippen LogP contribution in [0.1, 0.15) is 44.9 Å². The number of carbonyl (C=O) groups excluding carboxylic acids is 1. The second kappa shape index (κ2) is 5.85. The number of aryl methyl sites for hydroxylation is 2. The smallest absolute Gasteiger partial charge is 0.150 e. The van der Waals surface area contributed by atoms with Gasteiger partial charge in [-0.25, -0.2) is 0 Å². The van der Waals surface area contributed by atoms with Crippen molar-refractivity contribution in [2.75, 3.05) is 0 Å². The van der Waals surface area contributed by atoms with Crippen molar-refractivity contribution in [3.8, 4) is 0 Å². The van der Waals surface area contributed by atoms with Gasteiger partial charge in [-0.2, -0.15) is 0 Å². The number of rotatable bonds is 4. The van der Waals surface area contributed by atoms with E-state index in [0.29, 0.717) is 10.6 Å². The summed E-state index contributed by atoms with van der Waals surface area (Å²) in [6, 6.07) is 12.9. The van der Waals surface area contributed by atoms with E-state index >= 15 is 0 Å². The fourth-order valence-electron chi connectivity index (χ4n) is 2.57. The Balaban J connectivity index is 2.19. The minimum Gasteiger partial charge on any atom is -0.465 e. The average molecular weight is 315 g/mol. The lowest BCUT2D eigenvalue weighted by atomic mass is 9.90. The maximum absolute atomic E-state index is 11.4. The van der Waals surface area contributed by atoms with E-state index in [-0.39, 0.29) is 5.92 Å². The molecule has 0 N–H and O–H groups in total. The van der Waals surface area contributed by atoms with Crippen LogP contribution in [0.3, 0.4) is 0 Å². The Hall–Kier alpha value is -2.26. The number of benzene rings is 1. The van der Waals surface area contributed by atoms with Crippen LogP contribution in [0.2, 0.25) is 5.02 Å². The van der Waals surface area contributed by atoms with Crippen LogP contribution in [0.25, 0.3) is 0 Å². The monoisotopic (exact) mass is 314 g/mol. The fraction of sp³-hybridized carbons (Fsp3) is 0.167. The van der Waals surface area contributed by atoms with Gasteiger partial charge < -0.3 is 8.83 Å². The second-order valence-electron chi connectivity index (χ2n) is 5.22. The van der Waals surface area contributed by atoms with E-state index in [1.807, 2.05) is 44.2 Å². The first-order chi connectivity index (χ1) is 10.6. The van der Waals surface area contributed by atoms with Crippen LogP contribution in [-0.4, -0.2) is 6.29 Å². The van der Waals surface area contributed by atoms with Gasteiger partial charge in [-0.3, -0.25) is 4.79 Å². The molecule has 0 saturated carbocycles. The van der Waals surface area contributed by atoms with Gasteiger partial charge >= 0.3 is 0 Å². The first kappa shape index (κ1) is 14.7. The molecule has 3 aromatic rings. The van der Waals surface area contributed by atoms with Gasteiger partial charge in [-0.05, 0) is 55.8 Å². The Kier molecular flexibility index (Phi) is 3.90. The number of carbonyl (C=O) groups is 1. The van der Waals surface area contributed by atoms with Gasteiger partial charge in [0.25, 0.3) is 0 Å². The van der Waals surface area contributed by atoms with Crippen molar-refractivity contribution in [1.82, 2.24) is 0 Å². The zero-order chi connectivity index (χ0) is 15.7. The number of furan rings is 2. The summed E-state index contributed by atoms with van der Waals surface area (Å²) in [7, 11) is 0. The van der Waals surface area contributed by atoms with Gasteiger partial charge in [-0.15, -0.1) is 0 Å². The van der Waals surface area contributed by atoms with Crippen molar-refractivity contribution in [3.63, 3.8) is 0 Å². The van der Waals surface area contributed by atoms with E-state index < -0.39 is 0 Å². The molecule has 0 aliphatic heterocycles. The third-order valence-corrected chi connectivity index (χ3v) is 3.81. The van der Waals surface area contributed by atoms with Crippen molar-refractivity contribution in [3.05, 3.63) is 81.7 Å². The highest BCUT2D eigenvalue weighted by molar-refractivity contribution is 6.30. The summed E-state index contributed by atoms with van der Waals surface area (Å²) in [4.78, 5) is 11.4. The molecule has 3 nitrogen and oxygen atoms in total. The van der Waals surface area contributed by atoms with E-state index in [1.54, 1.807) is 12.1 Å². The Labute approximate surface area is 133 Å². The SMILES string of the molecule is Cc1ccc(C(c2ccc(C)o2)c2ccc(Cl)cc2C=O)o1. The molecular weight excluding hydrogens is 300 g/mol. The molecule has 0 radical (unpaired) electrons. The van der Waals surface area contributed by atoms with Crippen LogP contribution < -0.4 is 0 Å². The summed E-state index contributed by atoms with van der Waals surface area (Å²) in [6.45, 7) is 3.77. The Morgan fingerprint density at radius 1 is 0.955 bits per heavy atom. The van der Waals surface area contributed by atoms with Gasteiger partial charge in [-0.1, -0.05) is 17.7 Å². The van der Waals surface area contributed by atoms with Crippen LogP contribution in [0.4, 0.5) is 0 Å². The Morgan fingerprint density at radius 2 is 1.55 bits per heavy atom. The molecule has 0 bridgehead atoms. The molecule has 1 aromatic carbocycles. The molecule has 22 heavy (non-hydrogen) atoms. The molecule has 0 unspecified atom stereocenters. The molecule has 0 aliphatic carbocycles. The van der Waals surface area contributed by atoms with E-state index in [4.69, 9.17) is 20.4 Å². The first-order valence-corrected chi connectivity index (χ1v) is 7.33. The largest absolute Gasteiger partial charge is 0.465 e. The van der Waals surface area contributed by atoms with Crippen LogP contribution in [0.15, 0.2) is 51.3 Å². The Bertz CT molecular complexity index is 773. The third-order valence-electron chi connectivity index (χ3n) is 3.58. The molecule has 0 atom stereocenters. The van der Waals surface area contributed by atoms with E-state index in [9.17, 15) is 4.79 Å². The zero-order valence-electron chi connectivity index (χ0n) is 12.3. The van der Waals surface area contributed by atoms with Crippen molar-refractivity contribution >= 4 is 17.9 Å². The number of hydrogen-bond donors (Lipinski definition) is 0. The maximum atomic E-state index is 11.4. The molecule has 0 fully saturated rings. The van der Waals surface area contributed by atoms with Gasteiger partial charge in [0.15, 0.2) is 0 Å². The van der Waals surface area contributed by atoms with Gasteiger partial charge in [0, 0.05) is 10.6 Å². The first-order valence-electron chi connectivity index (χ1n) is 6.96. The highest BCUT2D eigenvalue weighted by atomic mass is 35.5. The van der Waals surface area contributed by atoms with Gasteiger partial charge in [0.1, 0.15) is 35.2 Å². The predicted octanol–water partition coefficient (Wildman–Crippen LogP) is 5.14. The highest BCUT2D eigenvalue weighted by Gasteiger charge is 2.25. The van der Waals surface area contributed by atoms with Crippen molar-refractivity contribution in [2.24, 2.45) is 0 Å². The number of hydrogen-bond acceptors (Lipinski definition) is 3. The summed E-state index contributed by atoms with van der Waals surface area (Å²) in [5.41, 5.74) is 1.34. The average Bonchev–Trinajstić information content (AvgIpc) is 3.10. The molecule has 4 heteroatoms. The zero-order valence-corrected chi connectivity index (χ0v) is 13.1.